The van der Waals surface area contributed by atoms with E-state index in [9.17, 15) is 0 Å². The highest BCUT2D eigenvalue weighted by Crippen LogP contribution is 2.09. The molecule has 0 atom stereocenters. The standard InChI is InChI=1S/C13H28N2/c1-13(2)14-9-5-3-6-10-15-11-7-4-8-12-15/h13-14H,3-12H2,1-2H3. The average Bonchev–Trinajstić information content (AvgIpc) is 2.24. The highest BCUT2D eigenvalue weighted by molar-refractivity contribution is 4.64. The van der Waals surface area contributed by atoms with E-state index in [0.717, 1.165) is 0 Å². The van der Waals surface area contributed by atoms with Crippen LogP contribution in [0.25, 0.3) is 0 Å². The van der Waals surface area contributed by atoms with Crippen LogP contribution >= 0.6 is 0 Å². The third-order valence-electron chi connectivity index (χ3n) is 3.15. The van der Waals surface area contributed by atoms with Crippen LogP contribution in [0, 0.1) is 0 Å². The van der Waals surface area contributed by atoms with Gasteiger partial charge < -0.3 is 10.2 Å². The molecule has 0 radical (unpaired) electrons. The fourth-order valence-electron chi connectivity index (χ4n) is 2.21. The van der Waals surface area contributed by atoms with Gasteiger partial charge in [0.25, 0.3) is 0 Å². The molecule has 2 nitrogen and oxygen atoms in total. The van der Waals surface area contributed by atoms with Gasteiger partial charge in [-0.3, -0.25) is 0 Å². The Labute approximate surface area is 95.4 Å². The number of nitrogens with zero attached hydrogens (tertiary/aromatic N) is 1. The number of likely N-dealkylation sites (tertiary alicyclic amines) is 1. The second-order valence-corrected chi connectivity index (χ2v) is 5.07. The van der Waals surface area contributed by atoms with E-state index in [-0.39, 0.29) is 0 Å². The fourth-order valence-corrected chi connectivity index (χ4v) is 2.21. The van der Waals surface area contributed by atoms with Crippen molar-refractivity contribution < 1.29 is 0 Å². The lowest BCUT2D eigenvalue weighted by Crippen LogP contribution is -2.30. The fraction of sp³-hybridized carbons (Fsp3) is 1.00. The highest BCUT2D eigenvalue weighted by Gasteiger charge is 2.08. The molecule has 1 aliphatic heterocycles. The molecule has 0 unspecified atom stereocenters. The van der Waals surface area contributed by atoms with E-state index in [1.807, 2.05) is 0 Å². The molecule has 0 saturated carbocycles. The van der Waals surface area contributed by atoms with Gasteiger partial charge in [-0.1, -0.05) is 26.7 Å². The average molecular weight is 212 g/mol. The molecule has 1 N–H and O–H groups in total. The van der Waals surface area contributed by atoms with Gasteiger partial charge >= 0.3 is 0 Å². The summed E-state index contributed by atoms with van der Waals surface area (Å²) in [5.41, 5.74) is 0. The molecule has 1 aliphatic rings. The van der Waals surface area contributed by atoms with Crippen LogP contribution in [0.5, 0.6) is 0 Å². The van der Waals surface area contributed by atoms with Gasteiger partial charge in [0, 0.05) is 6.04 Å². The normalized spacial score (nSPS) is 18.6. The van der Waals surface area contributed by atoms with Gasteiger partial charge in [0.15, 0.2) is 0 Å². The van der Waals surface area contributed by atoms with E-state index in [2.05, 4.69) is 24.1 Å². The molecule has 1 rings (SSSR count). The summed E-state index contributed by atoms with van der Waals surface area (Å²) in [7, 11) is 0. The Kier molecular flexibility index (Phi) is 7.03. The predicted molar refractivity (Wildman–Crippen MR) is 67.3 cm³/mol. The molecule has 1 fully saturated rings. The van der Waals surface area contributed by atoms with Crippen LogP contribution in [0.2, 0.25) is 0 Å². The Bertz CT molecular complexity index is 139. The molecule has 0 aromatic heterocycles. The number of hydrogen-bond acceptors (Lipinski definition) is 2. The number of rotatable bonds is 7. The van der Waals surface area contributed by atoms with Crippen molar-refractivity contribution in [3.05, 3.63) is 0 Å². The topological polar surface area (TPSA) is 15.3 Å². The van der Waals surface area contributed by atoms with Gasteiger partial charge in [0.1, 0.15) is 0 Å². The van der Waals surface area contributed by atoms with Crippen molar-refractivity contribution in [2.24, 2.45) is 0 Å². The Morgan fingerprint density at radius 2 is 1.73 bits per heavy atom. The number of piperidine rings is 1. The molecule has 0 aromatic carbocycles. The first-order valence-electron chi connectivity index (χ1n) is 6.75. The van der Waals surface area contributed by atoms with Crippen LogP contribution in [-0.4, -0.2) is 37.1 Å². The molecular weight excluding hydrogens is 184 g/mol. The van der Waals surface area contributed by atoms with Gasteiger partial charge in [0.2, 0.25) is 0 Å². The van der Waals surface area contributed by atoms with Crippen LogP contribution in [0.3, 0.4) is 0 Å². The van der Waals surface area contributed by atoms with Crippen LogP contribution in [0.1, 0.15) is 52.4 Å². The van der Waals surface area contributed by atoms with Gasteiger partial charge in [-0.15, -0.1) is 0 Å². The zero-order valence-electron chi connectivity index (χ0n) is 10.6. The van der Waals surface area contributed by atoms with Crippen molar-refractivity contribution in [3.8, 4) is 0 Å². The third-order valence-corrected chi connectivity index (χ3v) is 3.15. The largest absolute Gasteiger partial charge is 0.315 e. The number of nitrogens with one attached hydrogen (secondary N) is 1. The summed E-state index contributed by atoms with van der Waals surface area (Å²) >= 11 is 0. The third kappa shape index (κ3) is 6.91. The predicted octanol–water partition coefficient (Wildman–Crippen LogP) is 2.64. The molecule has 0 aliphatic carbocycles. The number of hydrogen-bond donors (Lipinski definition) is 1. The maximum Gasteiger partial charge on any atom is 0.00103 e. The van der Waals surface area contributed by atoms with E-state index in [4.69, 9.17) is 0 Å². The molecule has 90 valence electrons. The van der Waals surface area contributed by atoms with E-state index in [0.29, 0.717) is 6.04 Å². The minimum Gasteiger partial charge on any atom is -0.315 e. The molecule has 1 saturated heterocycles. The minimum absolute atomic E-state index is 0.645. The van der Waals surface area contributed by atoms with Crippen molar-refractivity contribution in [2.45, 2.75) is 58.4 Å². The van der Waals surface area contributed by atoms with E-state index in [1.54, 1.807) is 0 Å². The van der Waals surface area contributed by atoms with Crippen molar-refractivity contribution in [1.82, 2.24) is 10.2 Å². The summed E-state index contributed by atoms with van der Waals surface area (Å²) in [5.74, 6) is 0. The Morgan fingerprint density at radius 1 is 1.00 bits per heavy atom. The first-order valence-corrected chi connectivity index (χ1v) is 6.75. The van der Waals surface area contributed by atoms with Crippen LogP contribution in [0.15, 0.2) is 0 Å². The molecule has 0 spiro atoms. The highest BCUT2D eigenvalue weighted by atomic mass is 15.1. The zero-order chi connectivity index (χ0) is 10.9. The molecular formula is C13H28N2. The summed E-state index contributed by atoms with van der Waals surface area (Å²) in [6.07, 6.45) is 8.42. The first kappa shape index (κ1) is 13.0. The molecule has 15 heavy (non-hydrogen) atoms. The molecule has 2 heteroatoms. The van der Waals surface area contributed by atoms with Crippen molar-refractivity contribution in [1.29, 1.82) is 0 Å². The lowest BCUT2D eigenvalue weighted by molar-refractivity contribution is 0.224. The SMILES string of the molecule is CC(C)NCCCCCN1CCCCC1. The number of unbranched alkanes of at least 4 members (excludes halogenated alkanes) is 2. The Balaban J connectivity index is 1.83. The smallest absolute Gasteiger partial charge is 0.00103 e. The minimum atomic E-state index is 0.645. The first-order chi connectivity index (χ1) is 7.29. The second kappa shape index (κ2) is 8.12. The summed E-state index contributed by atoms with van der Waals surface area (Å²) < 4.78 is 0. The summed E-state index contributed by atoms with van der Waals surface area (Å²) in [4.78, 5) is 2.64. The van der Waals surface area contributed by atoms with Crippen molar-refractivity contribution in [2.75, 3.05) is 26.2 Å². The van der Waals surface area contributed by atoms with Crippen molar-refractivity contribution in [3.63, 3.8) is 0 Å². The molecule has 0 bridgehead atoms. The van der Waals surface area contributed by atoms with Crippen LogP contribution in [0.4, 0.5) is 0 Å². The van der Waals surface area contributed by atoms with E-state index >= 15 is 0 Å². The Hall–Kier alpha value is -0.0800. The quantitative estimate of drug-likeness (QED) is 0.653. The molecule has 0 amide bonds. The maximum atomic E-state index is 3.47. The van der Waals surface area contributed by atoms with Gasteiger partial charge in [0.05, 0.1) is 0 Å². The monoisotopic (exact) mass is 212 g/mol. The second-order valence-electron chi connectivity index (χ2n) is 5.07. The van der Waals surface area contributed by atoms with Gasteiger partial charge in [-0.2, -0.15) is 0 Å². The van der Waals surface area contributed by atoms with E-state index in [1.165, 1.54) is 64.7 Å². The van der Waals surface area contributed by atoms with Crippen molar-refractivity contribution >= 4 is 0 Å². The van der Waals surface area contributed by atoms with Gasteiger partial charge in [-0.05, 0) is 51.9 Å². The maximum absolute atomic E-state index is 3.47. The molecule has 0 aromatic rings. The van der Waals surface area contributed by atoms with E-state index < -0.39 is 0 Å². The van der Waals surface area contributed by atoms with Crippen LogP contribution in [-0.2, 0) is 0 Å². The summed E-state index contributed by atoms with van der Waals surface area (Å²) in [5, 5.41) is 3.47. The molecule has 1 heterocycles. The lowest BCUT2D eigenvalue weighted by atomic mass is 10.1. The van der Waals surface area contributed by atoms with Crippen LogP contribution < -0.4 is 5.32 Å². The summed E-state index contributed by atoms with van der Waals surface area (Å²) in [6, 6.07) is 0.645. The summed E-state index contributed by atoms with van der Waals surface area (Å²) in [6.45, 7) is 9.66. The zero-order valence-corrected chi connectivity index (χ0v) is 10.6. The van der Waals surface area contributed by atoms with Gasteiger partial charge in [-0.25, -0.2) is 0 Å². The Morgan fingerprint density at radius 3 is 2.40 bits per heavy atom. The lowest BCUT2D eigenvalue weighted by Gasteiger charge is -2.26.